The van der Waals surface area contributed by atoms with Crippen LogP contribution in [0.1, 0.15) is 13.8 Å². The average molecular weight is 334 g/mol. The molecule has 2 N–H and O–H groups in total. The monoisotopic (exact) mass is 334 g/mol. The van der Waals surface area contributed by atoms with E-state index >= 15 is 0 Å². The molecule has 1 aromatic rings. The molecule has 0 fully saturated rings. The van der Waals surface area contributed by atoms with Crippen molar-refractivity contribution in [1.82, 2.24) is 5.32 Å². The van der Waals surface area contributed by atoms with Gasteiger partial charge in [-0.1, -0.05) is 13.8 Å². The molecule has 120 valence electrons. The Morgan fingerprint density at radius 1 is 1.00 bits per heavy atom. The van der Waals surface area contributed by atoms with Crippen molar-refractivity contribution < 1.29 is 16.8 Å². The van der Waals surface area contributed by atoms with Crippen molar-refractivity contribution in [3.8, 4) is 0 Å². The highest BCUT2D eigenvalue weighted by molar-refractivity contribution is 7.91. The number of hydrogen-bond donors (Lipinski definition) is 2. The molecule has 0 amide bonds. The Balaban J connectivity index is 3.04. The van der Waals surface area contributed by atoms with E-state index in [4.69, 9.17) is 0 Å². The fourth-order valence-corrected chi connectivity index (χ4v) is 3.35. The first kappa shape index (κ1) is 17.9. The standard InChI is InChI=1S/C13H22N2O4S2/c1-10(2)14-7-8-15-12-6-5-11(20(3,16)17)9-13(12)21(4,18)19/h5-6,9-10,14-15H,7-8H2,1-4H3. The topological polar surface area (TPSA) is 92.3 Å². The van der Waals surface area contributed by atoms with Gasteiger partial charge in [-0.2, -0.15) is 0 Å². The molecule has 0 atom stereocenters. The Labute approximate surface area is 126 Å². The normalized spacial score (nSPS) is 12.6. The molecule has 0 saturated carbocycles. The van der Waals surface area contributed by atoms with Gasteiger partial charge in [0.05, 0.1) is 15.5 Å². The average Bonchev–Trinajstić information content (AvgIpc) is 2.32. The molecule has 0 spiro atoms. The van der Waals surface area contributed by atoms with E-state index in [0.717, 1.165) is 12.5 Å². The third-order valence-electron chi connectivity index (χ3n) is 2.77. The molecular weight excluding hydrogens is 312 g/mol. The molecule has 21 heavy (non-hydrogen) atoms. The van der Waals surface area contributed by atoms with Crippen molar-refractivity contribution >= 4 is 25.4 Å². The predicted molar refractivity (Wildman–Crippen MR) is 84.3 cm³/mol. The first-order chi connectivity index (χ1) is 9.51. The van der Waals surface area contributed by atoms with Crippen molar-refractivity contribution in [1.29, 1.82) is 0 Å². The lowest BCUT2D eigenvalue weighted by molar-refractivity contribution is 0.597. The van der Waals surface area contributed by atoms with Crippen molar-refractivity contribution in [2.45, 2.75) is 29.7 Å². The zero-order valence-electron chi connectivity index (χ0n) is 12.7. The third-order valence-corrected chi connectivity index (χ3v) is 5.02. The van der Waals surface area contributed by atoms with E-state index in [1.165, 1.54) is 18.2 Å². The van der Waals surface area contributed by atoms with Crippen LogP contribution < -0.4 is 10.6 Å². The second-order valence-electron chi connectivity index (χ2n) is 5.24. The molecule has 0 radical (unpaired) electrons. The van der Waals surface area contributed by atoms with Gasteiger partial charge in [0.1, 0.15) is 0 Å². The Hall–Kier alpha value is -1.12. The predicted octanol–water partition coefficient (Wildman–Crippen LogP) is 0.903. The zero-order valence-corrected chi connectivity index (χ0v) is 14.3. The van der Waals surface area contributed by atoms with E-state index in [9.17, 15) is 16.8 Å². The molecule has 6 nitrogen and oxygen atoms in total. The van der Waals surface area contributed by atoms with Crippen LogP contribution in [0.3, 0.4) is 0 Å². The van der Waals surface area contributed by atoms with E-state index in [1.54, 1.807) is 0 Å². The van der Waals surface area contributed by atoms with Crippen LogP contribution in [0.2, 0.25) is 0 Å². The number of rotatable bonds is 7. The van der Waals surface area contributed by atoms with Crippen LogP contribution in [0.4, 0.5) is 5.69 Å². The molecule has 0 heterocycles. The maximum atomic E-state index is 11.8. The Kier molecular flexibility index (Phi) is 5.77. The van der Waals surface area contributed by atoms with Gasteiger partial charge in [0.2, 0.25) is 0 Å². The third kappa shape index (κ3) is 5.64. The van der Waals surface area contributed by atoms with Gasteiger partial charge >= 0.3 is 0 Å². The zero-order chi connectivity index (χ0) is 16.3. The molecule has 1 rings (SSSR count). The minimum Gasteiger partial charge on any atom is -0.383 e. The largest absolute Gasteiger partial charge is 0.383 e. The smallest absolute Gasteiger partial charge is 0.177 e. The first-order valence-electron chi connectivity index (χ1n) is 6.53. The number of sulfone groups is 2. The molecule has 0 unspecified atom stereocenters. The van der Waals surface area contributed by atoms with Crippen LogP contribution in [0.5, 0.6) is 0 Å². The minimum atomic E-state index is -3.52. The van der Waals surface area contributed by atoms with Crippen LogP contribution in [0.25, 0.3) is 0 Å². The molecule has 0 aromatic heterocycles. The molecule has 0 aliphatic heterocycles. The van der Waals surface area contributed by atoms with Gasteiger partial charge in [0.15, 0.2) is 19.7 Å². The second kappa shape index (κ2) is 6.76. The Morgan fingerprint density at radius 3 is 2.10 bits per heavy atom. The van der Waals surface area contributed by atoms with Gasteiger partial charge in [-0.05, 0) is 18.2 Å². The molecule has 8 heteroatoms. The summed E-state index contributed by atoms with van der Waals surface area (Å²) in [6, 6.07) is 4.43. The van der Waals surface area contributed by atoms with Crippen molar-refractivity contribution in [2.75, 3.05) is 30.9 Å². The highest BCUT2D eigenvalue weighted by atomic mass is 32.2. The van der Waals surface area contributed by atoms with Crippen molar-refractivity contribution in [2.24, 2.45) is 0 Å². The Morgan fingerprint density at radius 2 is 1.62 bits per heavy atom. The molecule has 1 aromatic carbocycles. The van der Waals surface area contributed by atoms with Crippen LogP contribution in [-0.4, -0.2) is 48.5 Å². The highest BCUT2D eigenvalue weighted by Gasteiger charge is 2.17. The van der Waals surface area contributed by atoms with Crippen LogP contribution in [-0.2, 0) is 19.7 Å². The summed E-state index contributed by atoms with van der Waals surface area (Å²) in [5, 5.41) is 6.22. The van der Waals surface area contributed by atoms with Crippen LogP contribution in [0.15, 0.2) is 28.0 Å². The van der Waals surface area contributed by atoms with Gasteiger partial charge in [-0.25, -0.2) is 16.8 Å². The summed E-state index contributed by atoms with van der Waals surface area (Å²) >= 11 is 0. The fourth-order valence-electron chi connectivity index (χ4n) is 1.74. The quantitative estimate of drug-likeness (QED) is 0.720. The van der Waals surface area contributed by atoms with E-state index < -0.39 is 19.7 Å². The molecular formula is C13H22N2O4S2. The SMILES string of the molecule is CC(C)NCCNc1ccc(S(C)(=O)=O)cc1S(C)(=O)=O. The van der Waals surface area contributed by atoms with Crippen LogP contribution in [0, 0.1) is 0 Å². The lowest BCUT2D eigenvalue weighted by Gasteiger charge is -2.13. The number of nitrogens with one attached hydrogen (secondary N) is 2. The second-order valence-corrected chi connectivity index (χ2v) is 9.24. The molecule has 0 aliphatic rings. The minimum absolute atomic E-state index is 0.00466. The summed E-state index contributed by atoms with van der Waals surface area (Å²) in [6.07, 6.45) is 2.11. The van der Waals surface area contributed by atoms with Gasteiger partial charge in [0.25, 0.3) is 0 Å². The summed E-state index contributed by atoms with van der Waals surface area (Å²) in [7, 11) is -6.96. The van der Waals surface area contributed by atoms with E-state index in [2.05, 4.69) is 10.6 Å². The molecule has 0 bridgehead atoms. The fraction of sp³-hybridized carbons (Fsp3) is 0.538. The van der Waals surface area contributed by atoms with Gasteiger partial charge in [0, 0.05) is 31.6 Å². The lowest BCUT2D eigenvalue weighted by Crippen LogP contribution is -2.28. The van der Waals surface area contributed by atoms with Crippen molar-refractivity contribution in [3.63, 3.8) is 0 Å². The van der Waals surface area contributed by atoms with E-state index in [0.29, 0.717) is 24.8 Å². The van der Waals surface area contributed by atoms with Gasteiger partial charge in [-0.3, -0.25) is 0 Å². The molecule has 0 saturated heterocycles. The summed E-state index contributed by atoms with van der Waals surface area (Å²) in [5.41, 5.74) is 0.412. The van der Waals surface area contributed by atoms with Crippen molar-refractivity contribution in [3.05, 3.63) is 18.2 Å². The van der Waals surface area contributed by atoms with Gasteiger partial charge in [-0.15, -0.1) is 0 Å². The number of anilines is 1. The highest BCUT2D eigenvalue weighted by Crippen LogP contribution is 2.24. The summed E-state index contributed by atoms with van der Waals surface area (Å²) in [4.78, 5) is -0.0104. The number of hydrogen-bond acceptors (Lipinski definition) is 6. The van der Waals surface area contributed by atoms with E-state index in [-0.39, 0.29) is 9.79 Å². The number of benzene rings is 1. The maximum absolute atomic E-state index is 11.8. The molecule has 0 aliphatic carbocycles. The van der Waals surface area contributed by atoms with Gasteiger partial charge < -0.3 is 10.6 Å². The summed E-state index contributed by atoms with van der Waals surface area (Å²) in [6.45, 7) is 5.25. The Bertz CT molecular complexity index is 695. The first-order valence-corrected chi connectivity index (χ1v) is 10.3. The van der Waals surface area contributed by atoms with E-state index in [1.807, 2.05) is 13.8 Å². The maximum Gasteiger partial charge on any atom is 0.177 e. The summed E-state index contributed by atoms with van der Waals surface area (Å²) in [5.74, 6) is 0. The van der Waals surface area contributed by atoms with Crippen LogP contribution >= 0.6 is 0 Å². The summed E-state index contributed by atoms with van der Waals surface area (Å²) < 4.78 is 46.7. The lowest BCUT2D eigenvalue weighted by atomic mass is 10.3.